The van der Waals surface area contributed by atoms with Gasteiger partial charge in [0.2, 0.25) is 0 Å². The SMILES string of the molecule is CCC[C@H]1CN(c2nc(N)c(C(=O)NCCO)nc2Cl)CCN1C1CCN(Cc2ccc(F)cc2)CC1. The van der Waals surface area contributed by atoms with E-state index in [2.05, 4.69) is 36.9 Å². The number of aliphatic hydroxyl groups excluding tert-OH is 1. The normalized spacial score (nSPS) is 19.8. The molecule has 0 radical (unpaired) electrons. The van der Waals surface area contributed by atoms with Gasteiger partial charge in [-0.3, -0.25) is 14.6 Å². The lowest BCUT2D eigenvalue weighted by atomic mass is 9.97. The van der Waals surface area contributed by atoms with Gasteiger partial charge in [-0.15, -0.1) is 0 Å². The minimum Gasteiger partial charge on any atom is -0.395 e. The van der Waals surface area contributed by atoms with Crippen molar-refractivity contribution in [3.8, 4) is 0 Å². The second kappa shape index (κ2) is 12.8. The number of aromatic nitrogens is 2. The zero-order chi connectivity index (χ0) is 26.4. The number of hydrogen-bond acceptors (Lipinski definition) is 8. The van der Waals surface area contributed by atoms with E-state index in [-0.39, 0.29) is 35.6 Å². The third-order valence-corrected chi connectivity index (χ3v) is 7.52. The van der Waals surface area contributed by atoms with Crippen molar-refractivity contribution >= 4 is 29.1 Å². The van der Waals surface area contributed by atoms with Gasteiger partial charge in [0.25, 0.3) is 5.91 Å². The molecule has 4 N–H and O–H groups in total. The predicted octanol–water partition coefficient (Wildman–Crippen LogP) is 2.53. The average molecular weight is 534 g/mol. The molecule has 9 nitrogen and oxygen atoms in total. The molecule has 0 unspecified atom stereocenters. The van der Waals surface area contributed by atoms with Crippen LogP contribution in [0.3, 0.4) is 0 Å². The Morgan fingerprint density at radius 2 is 1.92 bits per heavy atom. The van der Waals surface area contributed by atoms with Crippen LogP contribution in [0.15, 0.2) is 24.3 Å². The lowest BCUT2D eigenvalue weighted by molar-refractivity contribution is 0.0589. The highest BCUT2D eigenvalue weighted by Crippen LogP contribution is 2.30. The number of benzene rings is 1. The van der Waals surface area contributed by atoms with Crippen molar-refractivity contribution in [3.63, 3.8) is 0 Å². The van der Waals surface area contributed by atoms with Crippen molar-refractivity contribution in [1.82, 2.24) is 25.1 Å². The number of hydrogen-bond donors (Lipinski definition) is 3. The van der Waals surface area contributed by atoms with Gasteiger partial charge in [0.05, 0.1) is 6.61 Å². The number of carbonyl (C=O) groups excluding carboxylic acids is 1. The van der Waals surface area contributed by atoms with Crippen LogP contribution in [0.25, 0.3) is 0 Å². The van der Waals surface area contributed by atoms with Crippen molar-refractivity contribution in [2.45, 2.75) is 51.2 Å². The molecule has 2 fully saturated rings. The average Bonchev–Trinajstić information content (AvgIpc) is 2.90. The zero-order valence-corrected chi connectivity index (χ0v) is 22.1. The summed E-state index contributed by atoms with van der Waals surface area (Å²) >= 11 is 6.47. The van der Waals surface area contributed by atoms with Crippen molar-refractivity contribution in [2.75, 3.05) is 56.5 Å². The summed E-state index contributed by atoms with van der Waals surface area (Å²) in [6.45, 7) is 7.44. The first-order valence-corrected chi connectivity index (χ1v) is 13.5. The van der Waals surface area contributed by atoms with Gasteiger partial charge in [-0.25, -0.2) is 14.4 Å². The molecule has 4 rings (SSSR count). The second-order valence-corrected chi connectivity index (χ2v) is 10.2. The number of nitrogen functional groups attached to an aromatic ring is 1. The first kappa shape index (κ1) is 27.5. The number of anilines is 2. The molecular formula is C26H37ClFN7O2. The Bertz CT molecular complexity index is 1050. The van der Waals surface area contributed by atoms with Crippen LogP contribution in [0.1, 0.15) is 48.7 Å². The summed E-state index contributed by atoms with van der Waals surface area (Å²) in [4.78, 5) is 28.2. The molecule has 11 heteroatoms. The van der Waals surface area contributed by atoms with E-state index >= 15 is 0 Å². The van der Waals surface area contributed by atoms with Gasteiger partial charge in [0.15, 0.2) is 22.5 Å². The lowest BCUT2D eigenvalue weighted by Gasteiger charge is -2.48. The van der Waals surface area contributed by atoms with Gasteiger partial charge >= 0.3 is 0 Å². The van der Waals surface area contributed by atoms with E-state index in [9.17, 15) is 9.18 Å². The number of nitrogens with zero attached hydrogens (tertiary/aromatic N) is 5. The molecule has 2 aromatic rings. The number of halogens is 2. The maximum Gasteiger partial charge on any atom is 0.273 e. The van der Waals surface area contributed by atoms with E-state index in [4.69, 9.17) is 22.4 Å². The van der Waals surface area contributed by atoms with Crippen LogP contribution >= 0.6 is 11.6 Å². The van der Waals surface area contributed by atoms with Gasteiger partial charge in [-0.05, 0) is 50.0 Å². The molecule has 2 aliphatic rings. The molecular weight excluding hydrogens is 497 g/mol. The highest BCUT2D eigenvalue weighted by atomic mass is 35.5. The van der Waals surface area contributed by atoms with E-state index in [1.807, 2.05) is 12.1 Å². The van der Waals surface area contributed by atoms with Crippen LogP contribution in [0.4, 0.5) is 16.0 Å². The van der Waals surface area contributed by atoms with Crippen molar-refractivity contribution in [1.29, 1.82) is 0 Å². The molecule has 202 valence electrons. The van der Waals surface area contributed by atoms with Gasteiger partial charge in [-0.1, -0.05) is 37.1 Å². The molecule has 1 aromatic carbocycles. The predicted molar refractivity (Wildman–Crippen MR) is 143 cm³/mol. The van der Waals surface area contributed by atoms with Crippen molar-refractivity contribution in [3.05, 3.63) is 46.5 Å². The van der Waals surface area contributed by atoms with E-state index in [0.717, 1.165) is 70.5 Å². The fraction of sp³-hybridized carbons (Fsp3) is 0.577. The van der Waals surface area contributed by atoms with Crippen LogP contribution in [0, 0.1) is 5.82 Å². The maximum absolute atomic E-state index is 13.2. The van der Waals surface area contributed by atoms with Crippen LogP contribution in [-0.4, -0.2) is 88.7 Å². The Hall–Kier alpha value is -2.53. The number of nitrogens with one attached hydrogen (secondary N) is 1. The van der Waals surface area contributed by atoms with E-state index in [1.165, 1.54) is 12.1 Å². The number of carbonyl (C=O) groups is 1. The molecule has 1 amide bonds. The Labute approximate surface area is 222 Å². The van der Waals surface area contributed by atoms with Crippen LogP contribution < -0.4 is 16.0 Å². The van der Waals surface area contributed by atoms with Crippen LogP contribution in [0.5, 0.6) is 0 Å². The van der Waals surface area contributed by atoms with Gasteiger partial charge < -0.3 is 21.1 Å². The minimum absolute atomic E-state index is 0.0258. The van der Waals surface area contributed by atoms with Crippen molar-refractivity contribution in [2.24, 2.45) is 0 Å². The molecule has 2 saturated heterocycles. The second-order valence-electron chi connectivity index (χ2n) is 9.81. The topological polar surface area (TPSA) is 111 Å². The minimum atomic E-state index is -0.507. The molecule has 1 atom stereocenters. The van der Waals surface area contributed by atoms with Gasteiger partial charge in [0, 0.05) is 44.8 Å². The molecule has 3 heterocycles. The number of piperazine rings is 1. The summed E-state index contributed by atoms with van der Waals surface area (Å²) in [6.07, 6.45) is 4.34. The van der Waals surface area contributed by atoms with E-state index < -0.39 is 5.91 Å². The first-order chi connectivity index (χ1) is 17.9. The molecule has 0 bridgehead atoms. The molecule has 37 heavy (non-hydrogen) atoms. The highest BCUT2D eigenvalue weighted by molar-refractivity contribution is 6.32. The molecule has 0 saturated carbocycles. The summed E-state index contributed by atoms with van der Waals surface area (Å²) < 4.78 is 13.2. The number of aliphatic hydroxyl groups is 1. The summed E-state index contributed by atoms with van der Waals surface area (Å²) in [5.74, 6) is -0.171. The molecule has 2 aliphatic heterocycles. The summed E-state index contributed by atoms with van der Waals surface area (Å²) in [7, 11) is 0. The number of rotatable bonds is 9. The fourth-order valence-corrected chi connectivity index (χ4v) is 5.68. The Morgan fingerprint density at radius 3 is 2.59 bits per heavy atom. The van der Waals surface area contributed by atoms with Crippen molar-refractivity contribution < 1.29 is 14.3 Å². The van der Waals surface area contributed by atoms with Gasteiger partial charge in [0.1, 0.15) is 5.82 Å². The summed E-state index contributed by atoms with van der Waals surface area (Å²) in [6, 6.07) is 7.67. The smallest absolute Gasteiger partial charge is 0.273 e. The number of amides is 1. The maximum atomic E-state index is 13.2. The van der Waals surface area contributed by atoms with Crippen LogP contribution in [0.2, 0.25) is 5.15 Å². The fourth-order valence-electron chi connectivity index (χ4n) is 5.43. The lowest BCUT2D eigenvalue weighted by Crippen LogP contribution is -2.58. The molecule has 0 aliphatic carbocycles. The standard InChI is InChI=1S/C26H37ClFN7O2/c1-2-3-21-17-34(25-23(27)31-22(24(29)32-25)26(37)30-10-15-36)13-14-35(21)20-8-11-33(12-9-20)16-18-4-6-19(28)7-5-18/h4-7,20-21,36H,2-3,8-17H2,1H3,(H2,29,32)(H,30,37)/t21-/m0/s1. The zero-order valence-electron chi connectivity index (χ0n) is 21.4. The Morgan fingerprint density at radius 1 is 1.19 bits per heavy atom. The first-order valence-electron chi connectivity index (χ1n) is 13.1. The Kier molecular flexibility index (Phi) is 9.53. The number of likely N-dealkylation sites (tertiary alicyclic amines) is 1. The number of piperidine rings is 1. The van der Waals surface area contributed by atoms with Crippen LogP contribution in [-0.2, 0) is 6.54 Å². The van der Waals surface area contributed by atoms with Gasteiger partial charge in [-0.2, -0.15) is 0 Å². The molecule has 1 aromatic heterocycles. The number of nitrogens with two attached hydrogens (primary N) is 1. The summed E-state index contributed by atoms with van der Waals surface area (Å²) in [5.41, 5.74) is 7.18. The monoisotopic (exact) mass is 533 g/mol. The van der Waals surface area contributed by atoms with E-state index in [0.29, 0.717) is 17.9 Å². The Balaban J connectivity index is 1.38. The molecule has 0 spiro atoms. The highest BCUT2D eigenvalue weighted by Gasteiger charge is 2.35. The van der Waals surface area contributed by atoms with E-state index in [1.54, 1.807) is 0 Å². The third kappa shape index (κ3) is 6.87. The quantitative estimate of drug-likeness (QED) is 0.451. The third-order valence-electron chi connectivity index (χ3n) is 7.27. The largest absolute Gasteiger partial charge is 0.395 e. The summed E-state index contributed by atoms with van der Waals surface area (Å²) in [5, 5.41) is 11.6.